The van der Waals surface area contributed by atoms with E-state index in [0.29, 0.717) is 0 Å². The molecule has 0 bridgehead atoms. The standard InChI is InChI=1S/C13H15F2NO3/c1-16(2)11(5-6-12(17)18)13(19)9-7-8(14)3-4-10(9)15/h3-4,7,11H,5-6H2,1-2H3,(H,17,18). The van der Waals surface area contributed by atoms with Crippen LogP contribution in [-0.2, 0) is 4.79 Å². The lowest BCUT2D eigenvalue weighted by molar-refractivity contribution is -0.137. The Labute approximate surface area is 109 Å². The van der Waals surface area contributed by atoms with Crippen molar-refractivity contribution in [1.29, 1.82) is 0 Å². The molecule has 104 valence electrons. The number of hydrogen-bond donors (Lipinski definition) is 1. The van der Waals surface area contributed by atoms with Crippen molar-refractivity contribution in [3.8, 4) is 0 Å². The Hall–Kier alpha value is -1.82. The Morgan fingerprint density at radius 1 is 1.32 bits per heavy atom. The molecule has 1 unspecified atom stereocenters. The number of nitrogens with zero attached hydrogens (tertiary/aromatic N) is 1. The first kappa shape index (κ1) is 15.2. The predicted octanol–water partition coefficient (Wildman–Crippen LogP) is 1.94. The predicted molar refractivity (Wildman–Crippen MR) is 65.0 cm³/mol. The molecule has 0 saturated carbocycles. The second-order valence-electron chi connectivity index (χ2n) is 4.40. The normalized spacial score (nSPS) is 12.5. The number of aliphatic carboxylic acids is 1. The zero-order valence-electron chi connectivity index (χ0n) is 10.7. The van der Waals surface area contributed by atoms with Crippen LogP contribution in [0.3, 0.4) is 0 Å². The molecule has 1 rings (SSSR count). The average molecular weight is 271 g/mol. The fourth-order valence-electron chi connectivity index (χ4n) is 1.75. The van der Waals surface area contributed by atoms with Crippen LogP contribution in [0.1, 0.15) is 23.2 Å². The largest absolute Gasteiger partial charge is 0.481 e. The van der Waals surface area contributed by atoms with Gasteiger partial charge in [-0.3, -0.25) is 14.5 Å². The molecular weight excluding hydrogens is 256 g/mol. The van der Waals surface area contributed by atoms with Gasteiger partial charge in [0.05, 0.1) is 11.6 Å². The SMILES string of the molecule is CN(C)C(CCC(=O)O)C(=O)c1cc(F)ccc1F. The van der Waals surface area contributed by atoms with Gasteiger partial charge in [-0.05, 0) is 38.7 Å². The molecule has 0 spiro atoms. The molecule has 1 aromatic carbocycles. The summed E-state index contributed by atoms with van der Waals surface area (Å²) in [7, 11) is 3.17. The molecular formula is C13H15F2NO3. The van der Waals surface area contributed by atoms with Gasteiger partial charge in [0.1, 0.15) is 11.6 Å². The zero-order chi connectivity index (χ0) is 14.6. The highest BCUT2D eigenvalue weighted by Gasteiger charge is 2.25. The molecule has 0 aliphatic rings. The van der Waals surface area contributed by atoms with Gasteiger partial charge in [0.2, 0.25) is 0 Å². The number of rotatable bonds is 6. The molecule has 1 N–H and O–H groups in total. The molecule has 0 aliphatic heterocycles. The van der Waals surface area contributed by atoms with Crippen molar-refractivity contribution < 1.29 is 23.5 Å². The molecule has 0 radical (unpaired) electrons. The van der Waals surface area contributed by atoms with Gasteiger partial charge < -0.3 is 5.11 Å². The highest BCUT2D eigenvalue weighted by atomic mass is 19.1. The van der Waals surface area contributed by atoms with E-state index in [1.165, 1.54) is 4.90 Å². The molecule has 6 heteroatoms. The smallest absolute Gasteiger partial charge is 0.303 e. The minimum Gasteiger partial charge on any atom is -0.481 e. The van der Waals surface area contributed by atoms with Gasteiger partial charge in [-0.25, -0.2) is 8.78 Å². The molecule has 4 nitrogen and oxygen atoms in total. The molecule has 1 aromatic rings. The maximum Gasteiger partial charge on any atom is 0.303 e. The van der Waals surface area contributed by atoms with Crippen molar-refractivity contribution in [3.05, 3.63) is 35.4 Å². The molecule has 0 aromatic heterocycles. The monoisotopic (exact) mass is 271 g/mol. The summed E-state index contributed by atoms with van der Waals surface area (Å²) in [5, 5.41) is 8.63. The maximum absolute atomic E-state index is 13.5. The van der Waals surface area contributed by atoms with Crippen LogP contribution in [0.25, 0.3) is 0 Å². The lowest BCUT2D eigenvalue weighted by Crippen LogP contribution is -2.36. The van der Waals surface area contributed by atoms with Gasteiger partial charge >= 0.3 is 5.97 Å². The molecule has 0 amide bonds. The minimum atomic E-state index is -1.04. The van der Waals surface area contributed by atoms with Crippen LogP contribution in [0.15, 0.2) is 18.2 Å². The minimum absolute atomic E-state index is 0.0388. The first-order chi connectivity index (χ1) is 8.82. The first-order valence-corrected chi connectivity index (χ1v) is 5.70. The highest BCUT2D eigenvalue weighted by Crippen LogP contribution is 2.16. The van der Waals surface area contributed by atoms with E-state index in [2.05, 4.69) is 0 Å². The second kappa shape index (κ2) is 6.38. The Morgan fingerprint density at radius 2 is 1.95 bits per heavy atom. The van der Waals surface area contributed by atoms with E-state index in [9.17, 15) is 18.4 Å². The number of carboxylic acid groups (broad SMARTS) is 1. The third kappa shape index (κ3) is 4.10. The Bertz CT molecular complexity index is 489. The van der Waals surface area contributed by atoms with Crippen molar-refractivity contribution >= 4 is 11.8 Å². The molecule has 19 heavy (non-hydrogen) atoms. The maximum atomic E-state index is 13.5. The van der Waals surface area contributed by atoms with Crippen molar-refractivity contribution in [2.24, 2.45) is 0 Å². The van der Waals surface area contributed by atoms with Crippen LogP contribution >= 0.6 is 0 Å². The number of halogens is 2. The third-order valence-electron chi connectivity index (χ3n) is 2.75. The van der Waals surface area contributed by atoms with Gasteiger partial charge in [-0.15, -0.1) is 0 Å². The van der Waals surface area contributed by atoms with Crippen molar-refractivity contribution in [2.45, 2.75) is 18.9 Å². The summed E-state index contributed by atoms with van der Waals surface area (Å²) >= 11 is 0. The van der Waals surface area contributed by atoms with Crippen LogP contribution in [0.2, 0.25) is 0 Å². The summed E-state index contributed by atoms with van der Waals surface area (Å²) in [4.78, 5) is 24.2. The second-order valence-corrected chi connectivity index (χ2v) is 4.40. The molecule has 0 aliphatic carbocycles. The number of likely N-dealkylation sites (N-methyl/N-ethyl adjacent to an activating group) is 1. The van der Waals surface area contributed by atoms with Crippen molar-refractivity contribution in [2.75, 3.05) is 14.1 Å². The van der Waals surface area contributed by atoms with E-state index in [1.54, 1.807) is 14.1 Å². The third-order valence-corrected chi connectivity index (χ3v) is 2.75. The summed E-state index contributed by atoms with van der Waals surface area (Å²) in [6, 6.07) is 1.84. The number of ketones is 1. The lowest BCUT2D eigenvalue weighted by Gasteiger charge is -2.22. The number of Topliss-reactive ketones (excluding diaryl/α,β-unsaturated/α-hetero) is 1. The summed E-state index contributed by atoms with van der Waals surface area (Å²) in [5.74, 6) is -3.18. The van der Waals surface area contributed by atoms with Crippen molar-refractivity contribution in [3.63, 3.8) is 0 Å². The van der Waals surface area contributed by atoms with Gasteiger partial charge in [-0.2, -0.15) is 0 Å². The van der Waals surface area contributed by atoms with E-state index < -0.39 is 29.4 Å². The van der Waals surface area contributed by atoms with E-state index >= 15 is 0 Å². The Morgan fingerprint density at radius 3 is 2.47 bits per heavy atom. The molecule has 1 atom stereocenters. The molecule has 0 heterocycles. The van der Waals surface area contributed by atoms with E-state index in [4.69, 9.17) is 5.11 Å². The summed E-state index contributed by atoms with van der Waals surface area (Å²) in [6.07, 6.45) is -0.178. The summed E-state index contributed by atoms with van der Waals surface area (Å²) < 4.78 is 26.6. The van der Waals surface area contributed by atoms with Gasteiger partial charge in [-0.1, -0.05) is 0 Å². The number of carbonyl (C=O) groups excluding carboxylic acids is 1. The lowest BCUT2D eigenvalue weighted by atomic mass is 9.98. The van der Waals surface area contributed by atoms with E-state index in [0.717, 1.165) is 18.2 Å². The Balaban J connectivity index is 2.99. The van der Waals surface area contributed by atoms with Crippen LogP contribution < -0.4 is 0 Å². The van der Waals surface area contributed by atoms with Crippen LogP contribution in [0.5, 0.6) is 0 Å². The fraction of sp³-hybridized carbons (Fsp3) is 0.385. The van der Waals surface area contributed by atoms with Crippen LogP contribution in [-0.4, -0.2) is 41.9 Å². The van der Waals surface area contributed by atoms with Crippen LogP contribution in [0, 0.1) is 11.6 Å². The Kier molecular flexibility index (Phi) is 5.11. The van der Waals surface area contributed by atoms with Gasteiger partial charge in [0.25, 0.3) is 0 Å². The first-order valence-electron chi connectivity index (χ1n) is 5.70. The molecule has 0 fully saturated rings. The average Bonchev–Trinajstić information content (AvgIpc) is 2.31. The van der Waals surface area contributed by atoms with Gasteiger partial charge in [0.15, 0.2) is 5.78 Å². The summed E-state index contributed by atoms with van der Waals surface area (Å²) in [5.41, 5.74) is -0.357. The zero-order valence-corrected chi connectivity index (χ0v) is 10.7. The van der Waals surface area contributed by atoms with Crippen LogP contribution in [0.4, 0.5) is 8.78 Å². The van der Waals surface area contributed by atoms with E-state index in [1.807, 2.05) is 0 Å². The number of hydrogen-bond acceptors (Lipinski definition) is 3. The number of carbonyl (C=O) groups is 2. The highest BCUT2D eigenvalue weighted by molar-refractivity contribution is 6.00. The quantitative estimate of drug-likeness (QED) is 0.803. The number of benzene rings is 1. The summed E-state index contributed by atoms with van der Waals surface area (Å²) in [6.45, 7) is 0. The number of carboxylic acids is 1. The fourth-order valence-corrected chi connectivity index (χ4v) is 1.75. The van der Waals surface area contributed by atoms with Crippen molar-refractivity contribution in [1.82, 2.24) is 4.90 Å². The molecule has 0 saturated heterocycles. The topological polar surface area (TPSA) is 57.6 Å². The van der Waals surface area contributed by atoms with Gasteiger partial charge in [0, 0.05) is 6.42 Å². The van der Waals surface area contributed by atoms with E-state index in [-0.39, 0.29) is 18.4 Å².